The molecular weight excluding hydrogens is 294 g/mol. The SMILES string of the molecule is CC[C@@H]1CCCC[NH+]1C[C@H](O)COc1cccc(C(=O)OC)c1. The maximum atomic E-state index is 11.5. The highest BCUT2D eigenvalue weighted by molar-refractivity contribution is 5.89. The highest BCUT2D eigenvalue weighted by Gasteiger charge is 2.26. The number of esters is 1. The number of carbonyl (C=O) groups excluding carboxylic acids is 1. The summed E-state index contributed by atoms with van der Waals surface area (Å²) < 4.78 is 10.3. The molecule has 0 spiro atoms. The average molecular weight is 322 g/mol. The molecule has 1 heterocycles. The maximum absolute atomic E-state index is 11.5. The van der Waals surface area contributed by atoms with Crippen LogP contribution in [0.3, 0.4) is 0 Å². The molecule has 0 aromatic heterocycles. The minimum absolute atomic E-state index is 0.241. The third kappa shape index (κ3) is 5.22. The standard InChI is InChI=1S/C18H27NO4/c1-3-15-8-4-5-10-19(15)12-16(20)13-23-17-9-6-7-14(11-17)18(21)22-2/h6-7,9,11,15-16,20H,3-5,8,10,12-13H2,1-2H3/p+1/t15-,16+/m1/s1. The van der Waals surface area contributed by atoms with Gasteiger partial charge in [-0.1, -0.05) is 13.0 Å². The molecule has 1 unspecified atom stereocenters. The van der Waals surface area contributed by atoms with Gasteiger partial charge in [-0.15, -0.1) is 0 Å². The number of benzene rings is 1. The fourth-order valence-electron chi connectivity index (χ4n) is 3.30. The summed E-state index contributed by atoms with van der Waals surface area (Å²) in [5.74, 6) is 0.187. The van der Waals surface area contributed by atoms with Crippen LogP contribution in [-0.2, 0) is 4.74 Å². The lowest BCUT2D eigenvalue weighted by Crippen LogP contribution is -3.17. The summed E-state index contributed by atoms with van der Waals surface area (Å²) in [6, 6.07) is 7.50. The Bertz CT molecular complexity index is 506. The van der Waals surface area contributed by atoms with Gasteiger partial charge in [0.2, 0.25) is 0 Å². The fourth-order valence-corrected chi connectivity index (χ4v) is 3.30. The second kappa shape index (κ2) is 8.89. The number of aliphatic hydroxyl groups excluding tert-OH is 1. The summed E-state index contributed by atoms with van der Waals surface area (Å²) in [7, 11) is 1.35. The van der Waals surface area contributed by atoms with E-state index in [1.165, 1.54) is 31.3 Å². The van der Waals surface area contributed by atoms with Gasteiger partial charge in [0.25, 0.3) is 0 Å². The molecule has 0 saturated carbocycles. The van der Waals surface area contributed by atoms with E-state index in [1.807, 2.05) is 0 Å². The van der Waals surface area contributed by atoms with Gasteiger partial charge in [0.05, 0.1) is 25.3 Å². The van der Waals surface area contributed by atoms with Crippen molar-refractivity contribution in [2.24, 2.45) is 0 Å². The van der Waals surface area contributed by atoms with Crippen molar-refractivity contribution in [3.05, 3.63) is 29.8 Å². The van der Waals surface area contributed by atoms with Gasteiger partial charge in [-0.2, -0.15) is 0 Å². The number of carbonyl (C=O) groups is 1. The zero-order chi connectivity index (χ0) is 16.7. The second-order valence-corrected chi connectivity index (χ2v) is 6.20. The third-order valence-corrected chi connectivity index (χ3v) is 4.57. The van der Waals surface area contributed by atoms with Crippen LogP contribution in [0.25, 0.3) is 0 Å². The van der Waals surface area contributed by atoms with Gasteiger partial charge >= 0.3 is 5.97 Å². The van der Waals surface area contributed by atoms with E-state index in [2.05, 4.69) is 6.92 Å². The molecule has 0 radical (unpaired) electrons. The molecule has 1 saturated heterocycles. The quantitative estimate of drug-likeness (QED) is 0.737. The minimum atomic E-state index is -0.501. The summed E-state index contributed by atoms with van der Waals surface area (Å²) in [5.41, 5.74) is 0.451. The molecule has 2 rings (SSSR count). The van der Waals surface area contributed by atoms with Crippen molar-refractivity contribution in [3.8, 4) is 5.75 Å². The normalized spacial score (nSPS) is 22.4. The summed E-state index contributed by atoms with van der Waals surface area (Å²) in [4.78, 5) is 13.0. The summed E-state index contributed by atoms with van der Waals surface area (Å²) in [6.45, 7) is 4.31. The van der Waals surface area contributed by atoms with Crippen LogP contribution in [0.1, 0.15) is 43.0 Å². The molecule has 3 atom stereocenters. The lowest BCUT2D eigenvalue weighted by molar-refractivity contribution is -0.933. The van der Waals surface area contributed by atoms with Gasteiger partial charge in [0, 0.05) is 0 Å². The number of aliphatic hydroxyl groups is 1. The van der Waals surface area contributed by atoms with E-state index in [-0.39, 0.29) is 12.6 Å². The minimum Gasteiger partial charge on any atom is -0.491 e. The first kappa shape index (κ1) is 17.8. The molecule has 128 valence electrons. The summed E-state index contributed by atoms with van der Waals surface area (Å²) >= 11 is 0. The van der Waals surface area contributed by atoms with Gasteiger partial charge in [0.1, 0.15) is 25.0 Å². The van der Waals surface area contributed by atoms with Crippen LogP contribution in [0.5, 0.6) is 5.75 Å². The van der Waals surface area contributed by atoms with Crippen molar-refractivity contribution >= 4 is 5.97 Å². The predicted molar refractivity (Wildman–Crippen MR) is 87.9 cm³/mol. The van der Waals surface area contributed by atoms with Gasteiger partial charge in [-0.25, -0.2) is 4.79 Å². The Kier molecular flexibility index (Phi) is 6.86. The molecule has 23 heavy (non-hydrogen) atoms. The number of piperidine rings is 1. The number of rotatable bonds is 7. The van der Waals surface area contributed by atoms with Crippen LogP contribution in [0.15, 0.2) is 24.3 Å². The number of methoxy groups -OCH3 is 1. The van der Waals surface area contributed by atoms with Crippen molar-refractivity contribution in [1.82, 2.24) is 0 Å². The van der Waals surface area contributed by atoms with Crippen LogP contribution in [0.4, 0.5) is 0 Å². The molecule has 0 aliphatic carbocycles. The van der Waals surface area contributed by atoms with Gasteiger partial charge < -0.3 is 19.5 Å². The van der Waals surface area contributed by atoms with Crippen LogP contribution >= 0.6 is 0 Å². The molecule has 1 aliphatic heterocycles. The Labute approximate surface area is 138 Å². The first-order valence-electron chi connectivity index (χ1n) is 8.47. The molecule has 5 heteroatoms. The number of hydrogen-bond acceptors (Lipinski definition) is 4. The van der Waals surface area contributed by atoms with Crippen molar-refractivity contribution in [3.63, 3.8) is 0 Å². The first-order chi connectivity index (χ1) is 11.1. The first-order valence-corrected chi connectivity index (χ1v) is 8.47. The molecule has 1 aromatic carbocycles. The molecule has 0 amide bonds. The third-order valence-electron chi connectivity index (χ3n) is 4.57. The Morgan fingerprint density at radius 1 is 1.43 bits per heavy atom. The van der Waals surface area contributed by atoms with E-state index < -0.39 is 6.10 Å². The molecule has 1 fully saturated rings. The van der Waals surface area contributed by atoms with Crippen molar-refractivity contribution in [2.75, 3.05) is 26.8 Å². The topological polar surface area (TPSA) is 60.2 Å². The molecule has 1 aromatic rings. The maximum Gasteiger partial charge on any atom is 0.337 e. The lowest BCUT2D eigenvalue weighted by Gasteiger charge is -2.33. The van der Waals surface area contributed by atoms with Gasteiger partial charge in [0.15, 0.2) is 0 Å². The number of ether oxygens (including phenoxy) is 2. The van der Waals surface area contributed by atoms with Crippen molar-refractivity contribution in [2.45, 2.75) is 44.8 Å². The van der Waals surface area contributed by atoms with Crippen LogP contribution in [0.2, 0.25) is 0 Å². The fraction of sp³-hybridized carbons (Fsp3) is 0.611. The Balaban J connectivity index is 1.84. The van der Waals surface area contributed by atoms with E-state index in [0.717, 1.165) is 19.5 Å². The summed E-state index contributed by atoms with van der Waals surface area (Å²) in [5, 5.41) is 10.3. The van der Waals surface area contributed by atoms with E-state index in [0.29, 0.717) is 17.4 Å². The zero-order valence-corrected chi connectivity index (χ0v) is 14.1. The van der Waals surface area contributed by atoms with E-state index in [1.54, 1.807) is 24.3 Å². The molecule has 1 aliphatic rings. The lowest BCUT2D eigenvalue weighted by atomic mass is 10.00. The second-order valence-electron chi connectivity index (χ2n) is 6.20. The number of quaternary nitrogens is 1. The van der Waals surface area contributed by atoms with Gasteiger partial charge in [-0.05, 0) is 43.9 Å². The number of likely N-dealkylation sites (tertiary alicyclic amines) is 1. The number of nitrogens with one attached hydrogen (secondary N) is 1. The van der Waals surface area contributed by atoms with Gasteiger partial charge in [-0.3, -0.25) is 0 Å². The average Bonchev–Trinajstić information content (AvgIpc) is 2.60. The van der Waals surface area contributed by atoms with E-state index >= 15 is 0 Å². The Morgan fingerprint density at radius 3 is 3.00 bits per heavy atom. The van der Waals surface area contributed by atoms with Crippen LogP contribution in [0, 0.1) is 0 Å². The molecule has 2 N–H and O–H groups in total. The predicted octanol–water partition coefficient (Wildman–Crippen LogP) is 1.06. The zero-order valence-electron chi connectivity index (χ0n) is 14.1. The van der Waals surface area contributed by atoms with Crippen molar-refractivity contribution in [1.29, 1.82) is 0 Å². The molecule has 0 bridgehead atoms. The van der Waals surface area contributed by atoms with E-state index in [4.69, 9.17) is 9.47 Å². The highest BCUT2D eigenvalue weighted by Crippen LogP contribution is 2.14. The summed E-state index contributed by atoms with van der Waals surface area (Å²) in [6.07, 6.45) is 4.44. The smallest absolute Gasteiger partial charge is 0.337 e. The van der Waals surface area contributed by atoms with Crippen LogP contribution < -0.4 is 9.64 Å². The molecule has 5 nitrogen and oxygen atoms in total. The molecular formula is C18H28NO4+. The highest BCUT2D eigenvalue weighted by atomic mass is 16.5. The number of hydrogen-bond donors (Lipinski definition) is 2. The van der Waals surface area contributed by atoms with Crippen LogP contribution in [-0.4, -0.2) is 50.0 Å². The Morgan fingerprint density at radius 2 is 2.26 bits per heavy atom. The van der Waals surface area contributed by atoms with E-state index in [9.17, 15) is 9.90 Å². The largest absolute Gasteiger partial charge is 0.491 e. The van der Waals surface area contributed by atoms with Crippen molar-refractivity contribution < 1.29 is 24.3 Å². The Hall–Kier alpha value is -1.59. The monoisotopic (exact) mass is 322 g/mol.